The molecule has 138 valence electrons. The van der Waals surface area contributed by atoms with Crippen LogP contribution in [0.15, 0.2) is 42.5 Å². The summed E-state index contributed by atoms with van der Waals surface area (Å²) in [7, 11) is 0. The van der Waals surface area contributed by atoms with Crippen molar-refractivity contribution < 1.29 is 14.3 Å². The Morgan fingerprint density at radius 2 is 1.92 bits per heavy atom. The van der Waals surface area contributed by atoms with Gasteiger partial charge in [-0.1, -0.05) is 48.9 Å². The van der Waals surface area contributed by atoms with Crippen LogP contribution in [0.2, 0.25) is 0 Å². The number of fused-ring (bicyclic) bond motifs is 3. The van der Waals surface area contributed by atoms with Gasteiger partial charge in [0.2, 0.25) is 5.91 Å². The van der Waals surface area contributed by atoms with Crippen molar-refractivity contribution in [3.63, 3.8) is 0 Å². The van der Waals surface area contributed by atoms with E-state index in [0.717, 1.165) is 17.7 Å². The van der Waals surface area contributed by atoms with Gasteiger partial charge in [0, 0.05) is 25.9 Å². The summed E-state index contributed by atoms with van der Waals surface area (Å²) in [4.78, 5) is 14.1. The van der Waals surface area contributed by atoms with Gasteiger partial charge in [-0.15, -0.1) is 0 Å². The van der Waals surface area contributed by atoms with Crippen molar-refractivity contribution in [2.24, 2.45) is 0 Å². The summed E-state index contributed by atoms with van der Waals surface area (Å²) in [6.07, 6.45) is 1.32. The Morgan fingerprint density at radius 3 is 2.77 bits per heavy atom. The molecule has 0 fully saturated rings. The van der Waals surface area contributed by atoms with Crippen molar-refractivity contribution in [2.45, 2.75) is 33.2 Å². The molecule has 2 bridgehead atoms. The fourth-order valence-corrected chi connectivity index (χ4v) is 3.27. The first-order chi connectivity index (χ1) is 12.7. The fourth-order valence-electron chi connectivity index (χ4n) is 3.27. The summed E-state index contributed by atoms with van der Waals surface area (Å²) in [5.41, 5.74) is 4.79. The zero-order valence-corrected chi connectivity index (χ0v) is 15.7. The Balaban J connectivity index is 1.90. The number of benzene rings is 2. The topological polar surface area (TPSA) is 38.8 Å². The van der Waals surface area contributed by atoms with Crippen LogP contribution in [-0.2, 0) is 22.5 Å². The standard InChI is InChI=1S/C22H27NO3/c1-3-22(24)23-9-10-25-11-12-26-21-8-7-17(2)13-20(21)15-18-5-4-6-19(14-18)16-23/h4-8,13-14H,3,9-12,15-16H2,1-2H3. The van der Waals surface area contributed by atoms with Crippen LogP contribution in [0.3, 0.4) is 0 Å². The second-order valence-electron chi connectivity index (χ2n) is 6.74. The van der Waals surface area contributed by atoms with E-state index in [1.165, 1.54) is 16.7 Å². The lowest BCUT2D eigenvalue weighted by atomic mass is 10.00. The molecule has 1 aliphatic rings. The van der Waals surface area contributed by atoms with E-state index in [9.17, 15) is 4.79 Å². The van der Waals surface area contributed by atoms with E-state index in [1.807, 2.05) is 17.9 Å². The number of nitrogens with zero attached hydrogens (tertiary/aromatic N) is 1. The molecule has 0 radical (unpaired) electrons. The molecular formula is C22H27NO3. The maximum Gasteiger partial charge on any atom is 0.222 e. The van der Waals surface area contributed by atoms with Gasteiger partial charge in [0.1, 0.15) is 12.4 Å². The SMILES string of the molecule is CCC(=O)N1CCOCCOc2ccc(C)cc2Cc2cccc(c2)C1. The van der Waals surface area contributed by atoms with E-state index in [4.69, 9.17) is 9.47 Å². The van der Waals surface area contributed by atoms with Crippen molar-refractivity contribution in [3.8, 4) is 5.75 Å². The van der Waals surface area contributed by atoms with Crippen LogP contribution in [0, 0.1) is 6.92 Å². The molecule has 26 heavy (non-hydrogen) atoms. The highest BCUT2D eigenvalue weighted by Crippen LogP contribution is 2.24. The quantitative estimate of drug-likeness (QED) is 0.784. The summed E-state index contributed by atoms with van der Waals surface area (Å²) >= 11 is 0. The number of rotatable bonds is 1. The minimum atomic E-state index is 0.156. The number of hydrogen-bond donors (Lipinski definition) is 0. The molecule has 2 aromatic rings. The Morgan fingerprint density at radius 1 is 1.08 bits per heavy atom. The highest BCUT2D eigenvalue weighted by Gasteiger charge is 2.13. The molecule has 0 aliphatic carbocycles. The second-order valence-corrected chi connectivity index (χ2v) is 6.74. The fraction of sp³-hybridized carbons (Fsp3) is 0.409. The van der Waals surface area contributed by atoms with Crippen LogP contribution in [0.1, 0.15) is 35.6 Å². The summed E-state index contributed by atoms with van der Waals surface area (Å²) in [6, 6.07) is 14.8. The normalized spacial score (nSPS) is 15.5. The first-order valence-electron chi connectivity index (χ1n) is 9.31. The third kappa shape index (κ3) is 4.85. The molecule has 1 heterocycles. The van der Waals surface area contributed by atoms with E-state index in [2.05, 4.69) is 43.3 Å². The lowest BCUT2D eigenvalue weighted by Gasteiger charge is -2.23. The average Bonchev–Trinajstić information content (AvgIpc) is 2.64. The van der Waals surface area contributed by atoms with Crippen LogP contribution >= 0.6 is 0 Å². The molecule has 4 nitrogen and oxygen atoms in total. The lowest BCUT2D eigenvalue weighted by molar-refractivity contribution is -0.132. The van der Waals surface area contributed by atoms with Crippen LogP contribution in [-0.4, -0.2) is 37.2 Å². The summed E-state index contributed by atoms with van der Waals surface area (Å²) in [5, 5.41) is 0. The number of aryl methyl sites for hydroxylation is 1. The highest BCUT2D eigenvalue weighted by atomic mass is 16.5. The van der Waals surface area contributed by atoms with Crippen molar-refractivity contribution in [1.82, 2.24) is 4.90 Å². The molecular weight excluding hydrogens is 326 g/mol. The Hall–Kier alpha value is -2.33. The van der Waals surface area contributed by atoms with Gasteiger partial charge in [-0.2, -0.15) is 0 Å². The largest absolute Gasteiger partial charge is 0.491 e. The summed E-state index contributed by atoms with van der Waals surface area (Å²) in [5.74, 6) is 1.08. The maximum atomic E-state index is 12.2. The number of carbonyl (C=O) groups excluding carboxylic acids is 1. The summed E-state index contributed by atoms with van der Waals surface area (Å²) < 4.78 is 11.6. The van der Waals surface area contributed by atoms with Crippen LogP contribution in [0.4, 0.5) is 0 Å². The Bertz CT molecular complexity index is 757. The minimum Gasteiger partial charge on any atom is -0.491 e. The molecule has 1 amide bonds. The first kappa shape index (κ1) is 18.5. The molecule has 0 saturated carbocycles. The van der Waals surface area contributed by atoms with Gasteiger partial charge >= 0.3 is 0 Å². The van der Waals surface area contributed by atoms with E-state index >= 15 is 0 Å². The van der Waals surface area contributed by atoms with Crippen LogP contribution in [0.25, 0.3) is 0 Å². The number of hydrogen-bond acceptors (Lipinski definition) is 3. The van der Waals surface area contributed by atoms with Gasteiger partial charge in [-0.25, -0.2) is 0 Å². The third-order valence-corrected chi connectivity index (χ3v) is 4.62. The lowest BCUT2D eigenvalue weighted by Crippen LogP contribution is -2.33. The van der Waals surface area contributed by atoms with E-state index < -0.39 is 0 Å². The number of amides is 1. The minimum absolute atomic E-state index is 0.156. The van der Waals surface area contributed by atoms with Gasteiger partial charge < -0.3 is 14.4 Å². The molecule has 4 heteroatoms. The van der Waals surface area contributed by atoms with Crippen molar-refractivity contribution in [2.75, 3.05) is 26.4 Å². The molecule has 1 aliphatic heterocycles. The molecule has 0 unspecified atom stereocenters. The van der Waals surface area contributed by atoms with Gasteiger partial charge in [-0.3, -0.25) is 4.79 Å². The second kappa shape index (κ2) is 8.86. The zero-order valence-electron chi connectivity index (χ0n) is 15.7. The number of carbonyl (C=O) groups is 1. The monoisotopic (exact) mass is 353 g/mol. The van der Waals surface area contributed by atoms with E-state index in [0.29, 0.717) is 39.3 Å². The molecule has 0 spiro atoms. The van der Waals surface area contributed by atoms with Crippen molar-refractivity contribution in [3.05, 3.63) is 64.7 Å². The molecule has 3 rings (SSSR count). The smallest absolute Gasteiger partial charge is 0.222 e. The van der Waals surface area contributed by atoms with E-state index in [1.54, 1.807) is 0 Å². The predicted molar refractivity (Wildman–Crippen MR) is 102 cm³/mol. The molecule has 0 aromatic heterocycles. The summed E-state index contributed by atoms with van der Waals surface area (Å²) in [6.45, 7) is 6.78. The molecule has 0 atom stereocenters. The van der Waals surface area contributed by atoms with Gasteiger partial charge in [0.15, 0.2) is 0 Å². The van der Waals surface area contributed by atoms with Gasteiger partial charge in [0.05, 0.1) is 13.2 Å². The first-order valence-corrected chi connectivity index (χ1v) is 9.31. The van der Waals surface area contributed by atoms with Crippen LogP contribution in [0.5, 0.6) is 5.75 Å². The van der Waals surface area contributed by atoms with Crippen molar-refractivity contribution >= 4 is 5.91 Å². The molecule has 2 aromatic carbocycles. The van der Waals surface area contributed by atoms with Gasteiger partial charge in [-0.05, 0) is 29.7 Å². The van der Waals surface area contributed by atoms with Gasteiger partial charge in [0.25, 0.3) is 0 Å². The zero-order chi connectivity index (χ0) is 18.4. The van der Waals surface area contributed by atoms with Crippen molar-refractivity contribution in [1.29, 1.82) is 0 Å². The van der Waals surface area contributed by atoms with Crippen LogP contribution < -0.4 is 4.74 Å². The number of ether oxygens (including phenoxy) is 2. The molecule has 0 saturated heterocycles. The highest BCUT2D eigenvalue weighted by molar-refractivity contribution is 5.75. The Labute approximate surface area is 155 Å². The predicted octanol–water partition coefficient (Wildman–Crippen LogP) is 3.73. The molecule has 0 N–H and O–H groups in total. The maximum absolute atomic E-state index is 12.2. The Kier molecular flexibility index (Phi) is 6.29. The van der Waals surface area contributed by atoms with E-state index in [-0.39, 0.29) is 5.91 Å². The third-order valence-electron chi connectivity index (χ3n) is 4.62. The average molecular weight is 353 g/mol.